The van der Waals surface area contributed by atoms with Gasteiger partial charge in [-0.25, -0.2) is 18.4 Å². The fraction of sp³-hybridized carbons (Fsp3) is 0.214. The second-order valence-corrected chi connectivity index (χ2v) is 6.08. The molecule has 3 aromatic rings. The van der Waals surface area contributed by atoms with Crippen LogP contribution in [0.25, 0.3) is 17.2 Å². The molecule has 0 aliphatic heterocycles. The third kappa shape index (κ3) is 3.64. The van der Waals surface area contributed by atoms with Gasteiger partial charge >= 0.3 is 5.76 Å². The molecular formula is C14H13BrFN7O3. The van der Waals surface area contributed by atoms with E-state index in [1.165, 1.54) is 18.2 Å². The summed E-state index contributed by atoms with van der Waals surface area (Å²) in [7, 11) is 0. The smallest absolute Gasteiger partial charge is 0.388 e. The summed E-state index contributed by atoms with van der Waals surface area (Å²) >= 11 is 3.07. The third-order valence-electron chi connectivity index (χ3n) is 3.38. The first-order chi connectivity index (χ1) is 12.5. The Bertz CT molecular complexity index is 997. The summed E-state index contributed by atoms with van der Waals surface area (Å²) in [5, 5.41) is 21.4. The lowest BCUT2D eigenvalue weighted by Gasteiger charge is -2.05. The molecule has 26 heavy (non-hydrogen) atoms. The average Bonchev–Trinajstić information content (AvgIpc) is 3.20. The van der Waals surface area contributed by atoms with Crippen molar-refractivity contribution in [2.45, 2.75) is 12.8 Å². The summed E-state index contributed by atoms with van der Waals surface area (Å²) in [6, 6.07) is 4.01. The first-order valence-electron chi connectivity index (χ1n) is 7.41. The number of amidine groups is 1. The van der Waals surface area contributed by atoms with E-state index >= 15 is 0 Å². The van der Waals surface area contributed by atoms with Gasteiger partial charge in [0.2, 0.25) is 11.6 Å². The number of hydrogen-bond acceptors (Lipinski definition) is 8. The van der Waals surface area contributed by atoms with Crippen molar-refractivity contribution >= 4 is 27.6 Å². The lowest BCUT2D eigenvalue weighted by atomic mass is 10.3. The standard InChI is InChI=1S/C14H13BrFN7O3/c15-8-6-7(3-4-9(8)16)23-13(22-25-14(23)24)11-12(21-26-20-11)19-5-1-2-10(17)18/h3-4,6H,1-2,5H2,(H3,17,18)(H,19,21). The Morgan fingerprint density at radius 3 is 2.92 bits per heavy atom. The molecule has 1 aromatic carbocycles. The highest BCUT2D eigenvalue weighted by Crippen LogP contribution is 2.26. The molecule has 10 nitrogen and oxygen atoms in total. The predicted octanol–water partition coefficient (Wildman–Crippen LogP) is 1.91. The Morgan fingerprint density at radius 1 is 1.38 bits per heavy atom. The molecule has 3 rings (SSSR count). The van der Waals surface area contributed by atoms with Gasteiger partial charge in [-0.15, -0.1) is 0 Å². The second-order valence-electron chi connectivity index (χ2n) is 5.22. The molecule has 0 bridgehead atoms. The number of halogens is 2. The molecule has 0 spiro atoms. The van der Waals surface area contributed by atoms with E-state index in [0.717, 1.165) is 4.57 Å². The predicted molar refractivity (Wildman–Crippen MR) is 92.7 cm³/mol. The molecule has 0 saturated heterocycles. The van der Waals surface area contributed by atoms with Crippen LogP contribution in [0.3, 0.4) is 0 Å². The zero-order chi connectivity index (χ0) is 18.7. The second kappa shape index (κ2) is 7.47. The fourth-order valence-electron chi connectivity index (χ4n) is 2.19. The van der Waals surface area contributed by atoms with Crippen molar-refractivity contribution in [1.29, 1.82) is 5.41 Å². The van der Waals surface area contributed by atoms with Crippen LogP contribution < -0.4 is 16.8 Å². The Morgan fingerprint density at radius 2 is 2.19 bits per heavy atom. The zero-order valence-corrected chi connectivity index (χ0v) is 14.8. The zero-order valence-electron chi connectivity index (χ0n) is 13.2. The molecule has 0 amide bonds. The minimum absolute atomic E-state index is 0.0452. The summed E-state index contributed by atoms with van der Waals surface area (Å²) in [4.78, 5) is 12.1. The van der Waals surface area contributed by atoms with Crippen molar-refractivity contribution in [3.05, 3.63) is 39.0 Å². The van der Waals surface area contributed by atoms with Crippen LogP contribution in [0.4, 0.5) is 10.2 Å². The van der Waals surface area contributed by atoms with E-state index in [9.17, 15) is 9.18 Å². The first kappa shape index (κ1) is 17.8. The summed E-state index contributed by atoms with van der Waals surface area (Å²) in [5.41, 5.74) is 5.78. The van der Waals surface area contributed by atoms with Gasteiger partial charge in [-0.1, -0.05) is 5.16 Å². The molecule has 0 aliphatic rings. The highest BCUT2D eigenvalue weighted by Gasteiger charge is 2.23. The lowest BCUT2D eigenvalue weighted by molar-refractivity contribution is 0.309. The largest absolute Gasteiger partial charge is 0.446 e. The number of aromatic nitrogens is 4. The number of benzene rings is 1. The van der Waals surface area contributed by atoms with Crippen LogP contribution in [-0.2, 0) is 0 Å². The van der Waals surface area contributed by atoms with E-state index in [1.807, 2.05) is 0 Å². The topological polar surface area (TPSA) is 149 Å². The van der Waals surface area contributed by atoms with Gasteiger partial charge in [-0.2, -0.15) is 0 Å². The quantitative estimate of drug-likeness (QED) is 0.295. The maximum Gasteiger partial charge on any atom is 0.446 e. The SMILES string of the molecule is N=C(N)CCCNc1nonc1-c1noc(=O)n1-c1ccc(F)c(Br)c1. The summed E-state index contributed by atoms with van der Waals surface area (Å²) in [6.07, 6.45) is 1.02. The number of rotatable bonds is 7. The van der Waals surface area contributed by atoms with Crippen LogP contribution in [0.5, 0.6) is 0 Å². The van der Waals surface area contributed by atoms with Crippen molar-refractivity contribution in [2.24, 2.45) is 5.73 Å². The highest BCUT2D eigenvalue weighted by molar-refractivity contribution is 9.10. The molecule has 2 heterocycles. The molecule has 0 aliphatic carbocycles. The first-order valence-corrected chi connectivity index (χ1v) is 8.20. The van der Waals surface area contributed by atoms with Crippen LogP contribution in [-0.4, -0.2) is 32.4 Å². The van der Waals surface area contributed by atoms with Gasteiger partial charge in [-0.3, -0.25) is 9.93 Å². The van der Waals surface area contributed by atoms with E-state index in [-0.39, 0.29) is 27.6 Å². The molecule has 0 radical (unpaired) electrons. The van der Waals surface area contributed by atoms with Gasteiger partial charge in [0, 0.05) is 13.0 Å². The number of nitrogens with one attached hydrogen (secondary N) is 2. The average molecular weight is 426 g/mol. The third-order valence-corrected chi connectivity index (χ3v) is 3.99. The van der Waals surface area contributed by atoms with Crippen molar-refractivity contribution in [3.63, 3.8) is 0 Å². The van der Waals surface area contributed by atoms with E-state index in [4.69, 9.17) is 20.3 Å². The van der Waals surface area contributed by atoms with E-state index in [1.54, 1.807) is 0 Å². The van der Waals surface area contributed by atoms with Gasteiger partial charge in [-0.05, 0) is 50.9 Å². The Labute approximate surface area is 153 Å². The maximum atomic E-state index is 13.5. The van der Waals surface area contributed by atoms with Crippen molar-refractivity contribution < 1.29 is 13.5 Å². The number of nitrogens with zero attached hydrogens (tertiary/aromatic N) is 4. The van der Waals surface area contributed by atoms with Crippen LogP contribution in [0.2, 0.25) is 0 Å². The molecular weight excluding hydrogens is 413 g/mol. The molecule has 4 N–H and O–H groups in total. The Kier molecular flexibility index (Phi) is 5.11. The monoisotopic (exact) mass is 425 g/mol. The van der Waals surface area contributed by atoms with Crippen LogP contribution in [0, 0.1) is 11.2 Å². The molecule has 12 heteroatoms. The Hall–Kier alpha value is -3.02. The minimum Gasteiger partial charge on any atom is -0.388 e. The molecule has 0 unspecified atom stereocenters. The van der Waals surface area contributed by atoms with Gasteiger partial charge in [0.25, 0.3) is 0 Å². The van der Waals surface area contributed by atoms with E-state index in [2.05, 4.69) is 36.7 Å². The van der Waals surface area contributed by atoms with Gasteiger partial charge in [0.1, 0.15) is 5.82 Å². The van der Waals surface area contributed by atoms with Gasteiger partial charge in [0.05, 0.1) is 16.0 Å². The van der Waals surface area contributed by atoms with Gasteiger partial charge < -0.3 is 11.1 Å². The van der Waals surface area contributed by atoms with Crippen molar-refractivity contribution in [1.82, 2.24) is 20.0 Å². The molecule has 0 atom stereocenters. The Balaban J connectivity index is 1.92. The highest BCUT2D eigenvalue weighted by atomic mass is 79.9. The maximum absolute atomic E-state index is 13.5. The molecule has 2 aromatic heterocycles. The number of nitrogens with two attached hydrogens (primary N) is 1. The van der Waals surface area contributed by atoms with E-state index < -0.39 is 11.6 Å². The minimum atomic E-state index is -0.774. The van der Waals surface area contributed by atoms with E-state index in [0.29, 0.717) is 25.1 Å². The molecule has 136 valence electrons. The van der Waals surface area contributed by atoms with Crippen molar-refractivity contribution in [2.75, 3.05) is 11.9 Å². The normalized spacial score (nSPS) is 10.8. The van der Waals surface area contributed by atoms with Gasteiger partial charge in [0.15, 0.2) is 5.69 Å². The molecule has 0 fully saturated rings. The lowest BCUT2D eigenvalue weighted by Crippen LogP contribution is -2.14. The van der Waals surface area contributed by atoms with Crippen LogP contribution >= 0.6 is 15.9 Å². The number of hydrogen-bond donors (Lipinski definition) is 3. The van der Waals surface area contributed by atoms with Crippen LogP contribution in [0.1, 0.15) is 12.8 Å². The van der Waals surface area contributed by atoms with Crippen LogP contribution in [0.15, 0.2) is 36.6 Å². The summed E-state index contributed by atoms with van der Waals surface area (Å²) in [5.74, 6) is -0.877. The fourth-order valence-corrected chi connectivity index (χ4v) is 2.55. The molecule has 0 saturated carbocycles. The van der Waals surface area contributed by atoms with Crippen molar-refractivity contribution in [3.8, 4) is 17.2 Å². The number of anilines is 1. The summed E-state index contributed by atoms with van der Waals surface area (Å²) < 4.78 is 24.2. The summed E-state index contributed by atoms with van der Waals surface area (Å²) in [6.45, 7) is 0.449.